The van der Waals surface area contributed by atoms with E-state index in [-0.39, 0.29) is 0 Å². The van der Waals surface area contributed by atoms with Crippen LogP contribution in [0.15, 0.2) is 36.5 Å². The van der Waals surface area contributed by atoms with E-state index < -0.39 is 0 Å². The van der Waals surface area contributed by atoms with Crippen molar-refractivity contribution < 1.29 is 0 Å². The van der Waals surface area contributed by atoms with Gasteiger partial charge in [-0.25, -0.2) is 9.97 Å². The second-order valence-electron chi connectivity index (χ2n) is 3.42. The molecule has 0 radical (unpaired) electrons. The van der Waals surface area contributed by atoms with E-state index >= 15 is 0 Å². The lowest BCUT2D eigenvalue weighted by atomic mass is 10.1. The summed E-state index contributed by atoms with van der Waals surface area (Å²) in [6.07, 6.45) is 1.77. The third-order valence-corrected chi connectivity index (χ3v) is 2.24. The van der Waals surface area contributed by atoms with Gasteiger partial charge >= 0.3 is 0 Å². The fourth-order valence-corrected chi connectivity index (χ4v) is 1.38. The highest BCUT2D eigenvalue weighted by molar-refractivity contribution is 5.55. The van der Waals surface area contributed by atoms with Gasteiger partial charge in [0.1, 0.15) is 0 Å². The first-order valence-electron chi connectivity index (χ1n) is 4.88. The van der Waals surface area contributed by atoms with Crippen LogP contribution in [0.5, 0.6) is 0 Å². The molecule has 0 aliphatic carbocycles. The van der Waals surface area contributed by atoms with E-state index in [1.165, 1.54) is 0 Å². The van der Waals surface area contributed by atoms with Crippen molar-refractivity contribution >= 4 is 0 Å². The number of nitrogens with two attached hydrogens (primary N) is 1. The van der Waals surface area contributed by atoms with Crippen LogP contribution in [0.2, 0.25) is 0 Å². The predicted molar refractivity (Wildman–Crippen MR) is 60.1 cm³/mol. The molecule has 0 saturated heterocycles. The van der Waals surface area contributed by atoms with Crippen LogP contribution in [0, 0.1) is 6.92 Å². The van der Waals surface area contributed by atoms with Crippen LogP contribution in [0.4, 0.5) is 0 Å². The second kappa shape index (κ2) is 4.19. The third kappa shape index (κ3) is 2.19. The summed E-state index contributed by atoms with van der Waals surface area (Å²) in [6.45, 7) is 2.52. The number of aryl methyl sites for hydroxylation is 1. The molecule has 0 fully saturated rings. The van der Waals surface area contributed by atoms with Gasteiger partial charge in [0.2, 0.25) is 0 Å². The molecule has 1 aromatic carbocycles. The molecule has 2 aromatic rings. The Morgan fingerprint density at radius 3 is 2.47 bits per heavy atom. The molecule has 1 heterocycles. The molecule has 3 nitrogen and oxygen atoms in total. The summed E-state index contributed by atoms with van der Waals surface area (Å²) in [5.74, 6) is 0.763. The predicted octanol–water partition coefficient (Wildman–Crippen LogP) is 1.91. The molecule has 1 aromatic heterocycles. The Hall–Kier alpha value is -1.74. The number of nitrogens with zero attached hydrogens (tertiary/aromatic N) is 2. The van der Waals surface area contributed by atoms with E-state index in [2.05, 4.69) is 9.97 Å². The minimum atomic E-state index is 0.564. The van der Waals surface area contributed by atoms with Crippen molar-refractivity contribution in [2.75, 3.05) is 0 Å². The lowest BCUT2D eigenvalue weighted by Crippen LogP contribution is -1.96. The molecule has 0 amide bonds. The van der Waals surface area contributed by atoms with Gasteiger partial charge in [0.15, 0.2) is 5.82 Å². The Kier molecular flexibility index (Phi) is 2.74. The molecule has 0 aliphatic rings. The molecule has 3 heteroatoms. The number of hydrogen-bond donors (Lipinski definition) is 1. The Balaban J connectivity index is 2.37. The molecular weight excluding hydrogens is 186 g/mol. The van der Waals surface area contributed by atoms with Gasteiger partial charge < -0.3 is 5.73 Å². The van der Waals surface area contributed by atoms with Crippen LogP contribution < -0.4 is 5.73 Å². The first-order valence-corrected chi connectivity index (χ1v) is 4.88. The van der Waals surface area contributed by atoms with E-state index in [0.717, 1.165) is 22.6 Å². The van der Waals surface area contributed by atoms with Gasteiger partial charge in [0.05, 0.1) is 0 Å². The highest BCUT2D eigenvalue weighted by Crippen LogP contribution is 2.15. The van der Waals surface area contributed by atoms with Crippen molar-refractivity contribution in [1.82, 2.24) is 9.97 Å². The van der Waals surface area contributed by atoms with Crippen molar-refractivity contribution in [3.63, 3.8) is 0 Å². The summed E-state index contributed by atoms with van der Waals surface area (Å²) in [5, 5.41) is 0. The Labute approximate surface area is 89.0 Å². The average Bonchev–Trinajstić information content (AvgIpc) is 2.29. The molecular formula is C12H13N3. The van der Waals surface area contributed by atoms with Crippen LogP contribution in [0.25, 0.3) is 11.4 Å². The zero-order valence-electron chi connectivity index (χ0n) is 8.64. The first kappa shape index (κ1) is 9.80. The minimum Gasteiger partial charge on any atom is -0.326 e. The van der Waals surface area contributed by atoms with Gasteiger partial charge in [-0.05, 0) is 18.6 Å². The average molecular weight is 199 g/mol. The van der Waals surface area contributed by atoms with Gasteiger partial charge in [0, 0.05) is 24.0 Å². The lowest BCUT2D eigenvalue weighted by Gasteiger charge is -2.02. The van der Waals surface area contributed by atoms with E-state index in [9.17, 15) is 0 Å². The number of benzene rings is 1. The summed E-state index contributed by atoms with van der Waals surface area (Å²) in [5.41, 5.74) is 8.65. The molecule has 2 N–H and O–H groups in total. The molecule has 0 unspecified atom stereocenters. The van der Waals surface area contributed by atoms with Gasteiger partial charge in [-0.2, -0.15) is 0 Å². The Morgan fingerprint density at radius 1 is 1.13 bits per heavy atom. The van der Waals surface area contributed by atoms with Crippen molar-refractivity contribution in [3.8, 4) is 11.4 Å². The summed E-state index contributed by atoms with van der Waals surface area (Å²) in [7, 11) is 0. The van der Waals surface area contributed by atoms with Crippen molar-refractivity contribution in [3.05, 3.63) is 47.8 Å². The SMILES string of the molecule is Cc1ccnc(-c2ccc(CN)cc2)n1. The van der Waals surface area contributed by atoms with Crippen LogP contribution in [-0.2, 0) is 6.54 Å². The van der Waals surface area contributed by atoms with Gasteiger partial charge in [-0.1, -0.05) is 24.3 Å². The molecule has 0 aliphatic heterocycles. The van der Waals surface area contributed by atoms with E-state index in [1.807, 2.05) is 37.3 Å². The summed E-state index contributed by atoms with van der Waals surface area (Å²) in [6, 6.07) is 9.88. The van der Waals surface area contributed by atoms with Crippen molar-refractivity contribution in [2.45, 2.75) is 13.5 Å². The van der Waals surface area contributed by atoms with E-state index in [0.29, 0.717) is 6.54 Å². The monoisotopic (exact) mass is 199 g/mol. The third-order valence-electron chi connectivity index (χ3n) is 2.24. The maximum Gasteiger partial charge on any atom is 0.159 e. The molecule has 76 valence electrons. The molecule has 0 bridgehead atoms. The largest absolute Gasteiger partial charge is 0.326 e. The summed E-state index contributed by atoms with van der Waals surface area (Å²) >= 11 is 0. The first-order chi connectivity index (χ1) is 7.29. The molecule has 2 rings (SSSR count). The number of rotatable bonds is 2. The van der Waals surface area contributed by atoms with Gasteiger partial charge in [0.25, 0.3) is 0 Å². The zero-order chi connectivity index (χ0) is 10.7. The smallest absolute Gasteiger partial charge is 0.159 e. The highest BCUT2D eigenvalue weighted by atomic mass is 14.9. The topological polar surface area (TPSA) is 51.8 Å². The van der Waals surface area contributed by atoms with E-state index in [4.69, 9.17) is 5.73 Å². The minimum absolute atomic E-state index is 0.564. The second-order valence-corrected chi connectivity index (χ2v) is 3.42. The van der Waals surface area contributed by atoms with Gasteiger partial charge in [-0.15, -0.1) is 0 Å². The van der Waals surface area contributed by atoms with Crippen LogP contribution in [-0.4, -0.2) is 9.97 Å². The number of aromatic nitrogens is 2. The Morgan fingerprint density at radius 2 is 1.87 bits per heavy atom. The zero-order valence-corrected chi connectivity index (χ0v) is 8.64. The van der Waals surface area contributed by atoms with Crippen LogP contribution in [0.3, 0.4) is 0 Å². The maximum absolute atomic E-state index is 5.53. The van der Waals surface area contributed by atoms with Gasteiger partial charge in [-0.3, -0.25) is 0 Å². The molecule has 0 atom stereocenters. The summed E-state index contributed by atoms with van der Waals surface area (Å²) < 4.78 is 0. The molecule has 0 spiro atoms. The fourth-order valence-electron chi connectivity index (χ4n) is 1.38. The Bertz CT molecular complexity index is 449. The van der Waals surface area contributed by atoms with Crippen LogP contribution in [0.1, 0.15) is 11.3 Å². The van der Waals surface area contributed by atoms with Crippen molar-refractivity contribution in [2.24, 2.45) is 5.73 Å². The normalized spacial score (nSPS) is 10.3. The van der Waals surface area contributed by atoms with Crippen molar-refractivity contribution in [1.29, 1.82) is 0 Å². The maximum atomic E-state index is 5.53. The summed E-state index contributed by atoms with van der Waals surface area (Å²) in [4.78, 5) is 8.58. The standard InChI is InChI=1S/C12H13N3/c1-9-6-7-14-12(15-9)11-4-2-10(8-13)3-5-11/h2-7H,8,13H2,1H3. The van der Waals surface area contributed by atoms with E-state index in [1.54, 1.807) is 6.20 Å². The quantitative estimate of drug-likeness (QED) is 0.803. The highest BCUT2D eigenvalue weighted by Gasteiger charge is 2.00. The molecule has 15 heavy (non-hydrogen) atoms. The molecule has 0 saturated carbocycles. The number of hydrogen-bond acceptors (Lipinski definition) is 3. The lowest BCUT2D eigenvalue weighted by molar-refractivity contribution is 1.07. The van der Waals surface area contributed by atoms with Crippen LogP contribution >= 0.6 is 0 Å². The fraction of sp³-hybridized carbons (Fsp3) is 0.167.